The predicted molar refractivity (Wildman–Crippen MR) is 131 cm³/mol. The van der Waals surface area contributed by atoms with E-state index in [9.17, 15) is 0 Å². The normalized spacial score (nSPS) is 12.5. The van der Waals surface area contributed by atoms with Gasteiger partial charge >= 0.3 is 184 Å². The van der Waals surface area contributed by atoms with Crippen LogP contribution in [0.5, 0.6) is 11.5 Å². The number of ether oxygens (including phenoxy) is 2. The predicted octanol–water partition coefficient (Wildman–Crippen LogP) is 4.42. The van der Waals surface area contributed by atoms with Gasteiger partial charge < -0.3 is 0 Å². The van der Waals surface area contributed by atoms with E-state index in [1.54, 1.807) is 14.2 Å². The van der Waals surface area contributed by atoms with Crippen molar-refractivity contribution in [3.63, 3.8) is 0 Å². The molecule has 0 fully saturated rings. The molecule has 158 valence electrons. The van der Waals surface area contributed by atoms with E-state index >= 15 is 0 Å². The zero-order chi connectivity index (χ0) is 21.8. The van der Waals surface area contributed by atoms with Gasteiger partial charge in [-0.25, -0.2) is 0 Å². The maximum absolute atomic E-state index is 6.91. The van der Waals surface area contributed by atoms with Crippen molar-refractivity contribution in [3.8, 4) is 11.5 Å². The molecule has 0 aliphatic carbocycles. The van der Waals surface area contributed by atoms with Crippen molar-refractivity contribution >= 4 is 28.0 Å². The van der Waals surface area contributed by atoms with Crippen LogP contribution in [0, 0.1) is 0 Å². The van der Waals surface area contributed by atoms with E-state index in [-0.39, 0.29) is 0 Å². The molecule has 0 spiro atoms. The first-order chi connectivity index (χ1) is 15.2. The minimum atomic E-state index is -3.67. The van der Waals surface area contributed by atoms with E-state index in [0.29, 0.717) is 11.5 Å². The molecule has 0 aromatic heterocycles. The van der Waals surface area contributed by atoms with E-state index in [2.05, 4.69) is 78.9 Å². The zero-order valence-electron chi connectivity index (χ0n) is 18.1. The Kier molecular flexibility index (Phi) is 5.82. The second-order valence-electron chi connectivity index (χ2n) is 7.24. The van der Waals surface area contributed by atoms with Crippen LogP contribution < -0.4 is 30.7 Å². The fourth-order valence-corrected chi connectivity index (χ4v) is 10.4. The molecule has 0 aliphatic heterocycles. The fraction of sp³-hybridized carbons (Fsp3) is 0.111. The van der Waals surface area contributed by atoms with Crippen LogP contribution in [0.3, 0.4) is 0 Å². The summed E-state index contributed by atoms with van der Waals surface area (Å²) in [5.41, 5.74) is 0. The summed E-state index contributed by atoms with van der Waals surface area (Å²) in [5, 5.41) is 4.26. The van der Waals surface area contributed by atoms with Crippen molar-refractivity contribution in [1.29, 1.82) is 0 Å². The third-order valence-corrected chi connectivity index (χ3v) is 11.8. The molecule has 4 heteroatoms. The Morgan fingerprint density at radius 2 is 0.935 bits per heavy atom. The van der Waals surface area contributed by atoms with Crippen molar-refractivity contribution in [2.24, 2.45) is 0 Å². The van der Waals surface area contributed by atoms with E-state index in [4.69, 9.17) is 14.0 Å². The number of rotatable bonds is 7. The van der Waals surface area contributed by atoms with Gasteiger partial charge in [0.2, 0.25) is 0 Å². The summed E-state index contributed by atoms with van der Waals surface area (Å²) in [6.45, 7) is -3.67. The summed E-state index contributed by atoms with van der Waals surface area (Å²) in [6.07, 6.45) is 0. The van der Waals surface area contributed by atoms with Crippen molar-refractivity contribution in [1.82, 2.24) is 0 Å². The quantitative estimate of drug-likeness (QED) is 0.406. The molecule has 0 bridgehead atoms. The number of para-hydroxylation sites is 1. The van der Waals surface area contributed by atoms with Gasteiger partial charge in [-0.15, -0.1) is 0 Å². The SMILES string of the molecule is COc1cccc(P(OC)(c2ccccc2)(c2ccccc2)c2ccccc2)c1OC. The first-order valence-corrected chi connectivity index (χ1v) is 12.3. The first kappa shape index (κ1) is 21.1. The molecule has 0 unspecified atom stereocenters. The van der Waals surface area contributed by atoms with Gasteiger partial charge in [-0.05, 0) is 0 Å². The Labute approximate surface area is 184 Å². The van der Waals surface area contributed by atoms with Crippen LogP contribution in [-0.4, -0.2) is 21.3 Å². The van der Waals surface area contributed by atoms with Crippen LogP contribution in [0.15, 0.2) is 109 Å². The van der Waals surface area contributed by atoms with E-state index in [1.165, 1.54) is 0 Å². The molecule has 0 radical (unpaired) electrons. The van der Waals surface area contributed by atoms with Crippen LogP contribution >= 0.6 is 6.83 Å². The molecule has 0 atom stereocenters. The Balaban J connectivity index is 2.33. The summed E-state index contributed by atoms with van der Waals surface area (Å²) >= 11 is 0. The van der Waals surface area contributed by atoms with E-state index in [1.807, 2.05) is 37.4 Å². The average Bonchev–Trinajstić information content (AvgIpc) is 2.87. The van der Waals surface area contributed by atoms with Gasteiger partial charge in [-0.3, -0.25) is 0 Å². The van der Waals surface area contributed by atoms with Crippen molar-refractivity contribution in [2.75, 3.05) is 21.3 Å². The summed E-state index contributed by atoms with van der Waals surface area (Å²) in [5.74, 6) is 1.36. The van der Waals surface area contributed by atoms with E-state index < -0.39 is 6.83 Å². The number of benzene rings is 4. The third kappa shape index (κ3) is 2.96. The van der Waals surface area contributed by atoms with Gasteiger partial charge in [0, 0.05) is 0 Å². The molecule has 4 aromatic rings. The molecular weight excluding hydrogens is 403 g/mol. The molecule has 31 heavy (non-hydrogen) atoms. The van der Waals surface area contributed by atoms with Crippen molar-refractivity contribution in [2.45, 2.75) is 0 Å². The standard InChI is InChI=1S/C27H27O3P/c1-28-25-20-13-21-26(27(25)29-2)31(30-3,22-14-7-4-8-15-22,23-16-9-5-10-17-23)24-18-11-6-12-19-24/h4-21H,1-3H3. The number of hydrogen-bond donors (Lipinski definition) is 0. The molecule has 3 nitrogen and oxygen atoms in total. The Hall–Kier alpha value is -3.13. The summed E-state index contributed by atoms with van der Waals surface area (Å²) in [6, 6.07) is 37.4. The summed E-state index contributed by atoms with van der Waals surface area (Å²) in [4.78, 5) is 0. The van der Waals surface area contributed by atoms with Gasteiger partial charge in [-0.1, -0.05) is 0 Å². The topological polar surface area (TPSA) is 27.7 Å². The Morgan fingerprint density at radius 3 is 1.29 bits per heavy atom. The van der Waals surface area contributed by atoms with Gasteiger partial charge in [0.15, 0.2) is 0 Å². The minimum absolute atomic E-state index is 0.675. The van der Waals surface area contributed by atoms with Gasteiger partial charge in [0.05, 0.1) is 0 Å². The molecule has 0 heterocycles. The fourth-order valence-electron chi connectivity index (χ4n) is 4.62. The second-order valence-corrected chi connectivity index (χ2v) is 11.7. The van der Waals surface area contributed by atoms with Crippen LogP contribution in [0.4, 0.5) is 0 Å². The van der Waals surface area contributed by atoms with Gasteiger partial charge in [-0.2, -0.15) is 0 Å². The molecule has 4 aromatic carbocycles. The number of hydrogen-bond acceptors (Lipinski definition) is 3. The third-order valence-electron chi connectivity index (χ3n) is 5.95. The van der Waals surface area contributed by atoms with Crippen LogP contribution in [-0.2, 0) is 4.52 Å². The van der Waals surface area contributed by atoms with Crippen LogP contribution in [0.25, 0.3) is 0 Å². The summed E-state index contributed by atoms with van der Waals surface area (Å²) < 4.78 is 18.6. The summed E-state index contributed by atoms with van der Waals surface area (Å²) in [7, 11) is 5.16. The molecule has 0 saturated carbocycles. The maximum atomic E-state index is 6.91. The molecule has 0 amide bonds. The molecule has 0 N–H and O–H groups in total. The molecule has 0 saturated heterocycles. The molecule has 0 aliphatic rings. The monoisotopic (exact) mass is 430 g/mol. The van der Waals surface area contributed by atoms with E-state index in [0.717, 1.165) is 21.2 Å². The van der Waals surface area contributed by atoms with Crippen molar-refractivity contribution in [3.05, 3.63) is 109 Å². The Bertz CT molecular complexity index is 1050. The first-order valence-electron chi connectivity index (χ1n) is 10.2. The number of methoxy groups -OCH3 is 2. The van der Waals surface area contributed by atoms with Crippen LogP contribution in [0.1, 0.15) is 0 Å². The molecule has 4 rings (SSSR count). The van der Waals surface area contributed by atoms with Crippen LogP contribution in [0.2, 0.25) is 0 Å². The van der Waals surface area contributed by atoms with Crippen molar-refractivity contribution < 1.29 is 14.0 Å². The Morgan fingerprint density at radius 1 is 0.484 bits per heavy atom. The second kappa shape index (κ2) is 8.55. The van der Waals surface area contributed by atoms with Gasteiger partial charge in [0.25, 0.3) is 0 Å². The molecular formula is C27H27O3P. The van der Waals surface area contributed by atoms with Gasteiger partial charge in [0.1, 0.15) is 0 Å². The zero-order valence-corrected chi connectivity index (χ0v) is 19.0. The average molecular weight is 430 g/mol.